The number of carbonyl (C=O) groups is 2. The number of hydrogen-bond acceptors (Lipinski definition) is 5. The predicted molar refractivity (Wildman–Crippen MR) is 117 cm³/mol. The van der Waals surface area contributed by atoms with E-state index in [1.807, 2.05) is 0 Å². The van der Waals surface area contributed by atoms with Crippen LogP contribution in [0.5, 0.6) is 5.75 Å². The van der Waals surface area contributed by atoms with Gasteiger partial charge in [-0.1, -0.05) is 31.9 Å². The molecule has 0 radical (unpaired) electrons. The van der Waals surface area contributed by atoms with Gasteiger partial charge >= 0.3 is 11.7 Å². The van der Waals surface area contributed by atoms with E-state index in [1.54, 1.807) is 48.5 Å². The van der Waals surface area contributed by atoms with Gasteiger partial charge in [0.05, 0.1) is 18.0 Å². The van der Waals surface area contributed by atoms with Gasteiger partial charge in [-0.15, -0.1) is 0 Å². The highest BCUT2D eigenvalue weighted by Crippen LogP contribution is 2.19. The number of carbonyl (C=O) groups excluding carboxylic acids is 1. The largest absolute Gasteiger partial charge is 0.494 e. The van der Waals surface area contributed by atoms with E-state index in [4.69, 9.17) is 9.15 Å². The molecule has 0 spiro atoms. The number of carboxylic acid groups (broad SMARTS) is 1. The number of para-hydroxylation sites is 2. The molecular formula is C24H27NO6. The van der Waals surface area contributed by atoms with Crippen molar-refractivity contribution in [3.05, 3.63) is 64.6 Å². The number of unbranched alkanes of at least 4 members (excludes halogenated alkanes) is 2. The fourth-order valence-corrected chi connectivity index (χ4v) is 3.44. The van der Waals surface area contributed by atoms with Crippen molar-refractivity contribution >= 4 is 22.9 Å². The van der Waals surface area contributed by atoms with E-state index >= 15 is 0 Å². The van der Waals surface area contributed by atoms with Crippen molar-refractivity contribution in [2.75, 3.05) is 6.61 Å². The molecule has 1 N–H and O–H groups in total. The maximum atomic E-state index is 12.6. The molecule has 31 heavy (non-hydrogen) atoms. The van der Waals surface area contributed by atoms with E-state index in [9.17, 15) is 19.5 Å². The Morgan fingerprint density at radius 1 is 1.10 bits per heavy atom. The first-order valence-corrected chi connectivity index (χ1v) is 10.6. The Hall–Kier alpha value is -3.35. The summed E-state index contributed by atoms with van der Waals surface area (Å²) in [7, 11) is 0. The average molecular weight is 425 g/mol. The Kier molecular flexibility index (Phi) is 7.65. The number of ether oxygens (including phenoxy) is 1. The zero-order chi connectivity index (χ0) is 22.2. The van der Waals surface area contributed by atoms with Crippen molar-refractivity contribution < 1.29 is 23.8 Å². The lowest BCUT2D eigenvalue weighted by molar-refractivity contribution is -0.142. The summed E-state index contributed by atoms with van der Waals surface area (Å²) in [5.74, 6) is -2.07. The third kappa shape index (κ3) is 5.84. The number of aromatic nitrogens is 1. The molecule has 3 aromatic rings. The second-order valence-corrected chi connectivity index (χ2v) is 7.52. The van der Waals surface area contributed by atoms with Crippen LogP contribution >= 0.6 is 0 Å². The number of benzene rings is 2. The van der Waals surface area contributed by atoms with Gasteiger partial charge in [0.1, 0.15) is 5.75 Å². The number of ketones is 1. The van der Waals surface area contributed by atoms with Crippen molar-refractivity contribution in [1.29, 1.82) is 0 Å². The van der Waals surface area contributed by atoms with Crippen molar-refractivity contribution in [2.45, 2.75) is 45.6 Å². The number of rotatable bonds is 12. The molecule has 0 aliphatic carbocycles. The van der Waals surface area contributed by atoms with Gasteiger partial charge in [-0.3, -0.25) is 14.2 Å². The minimum atomic E-state index is -1.06. The number of nitrogens with zero attached hydrogens (tertiary/aromatic N) is 1. The molecule has 7 heteroatoms. The predicted octanol–water partition coefficient (Wildman–Crippen LogP) is 4.53. The Bertz CT molecular complexity index is 1080. The molecule has 7 nitrogen and oxygen atoms in total. The van der Waals surface area contributed by atoms with E-state index < -0.39 is 17.6 Å². The summed E-state index contributed by atoms with van der Waals surface area (Å²) in [5, 5.41) is 9.58. The van der Waals surface area contributed by atoms with Crippen LogP contribution in [0.3, 0.4) is 0 Å². The number of hydrogen-bond donors (Lipinski definition) is 1. The van der Waals surface area contributed by atoms with Crippen LogP contribution in [0.25, 0.3) is 11.1 Å². The summed E-state index contributed by atoms with van der Waals surface area (Å²) < 4.78 is 12.2. The Labute approximate surface area is 180 Å². The standard InChI is InChI=1S/C24H27NO6/c1-2-3-6-15-30-19-11-9-17(10-12-19)21(26)16-18(23(27)28)13-14-25-20-7-4-5-8-22(20)31-24(25)29/h4-5,7-12,18H,2-3,6,13-16H2,1H3,(H,27,28). The van der Waals surface area contributed by atoms with Gasteiger partial charge < -0.3 is 14.3 Å². The van der Waals surface area contributed by atoms with Crippen LogP contribution in [0, 0.1) is 5.92 Å². The van der Waals surface area contributed by atoms with E-state index in [2.05, 4.69) is 6.92 Å². The summed E-state index contributed by atoms with van der Waals surface area (Å²) in [6, 6.07) is 13.7. The molecular weight excluding hydrogens is 398 g/mol. The van der Waals surface area contributed by atoms with Crippen molar-refractivity contribution in [1.82, 2.24) is 4.57 Å². The smallest absolute Gasteiger partial charge is 0.419 e. The van der Waals surface area contributed by atoms with Gasteiger partial charge in [-0.05, 0) is 49.2 Å². The van der Waals surface area contributed by atoms with Crippen LogP contribution in [0.15, 0.2) is 57.7 Å². The monoisotopic (exact) mass is 425 g/mol. The Morgan fingerprint density at radius 2 is 1.84 bits per heavy atom. The molecule has 1 aromatic heterocycles. The lowest BCUT2D eigenvalue weighted by Crippen LogP contribution is -2.22. The van der Waals surface area contributed by atoms with E-state index in [-0.39, 0.29) is 25.2 Å². The molecule has 0 aliphatic rings. The zero-order valence-corrected chi connectivity index (χ0v) is 17.6. The van der Waals surface area contributed by atoms with Gasteiger partial charge in [0.15, 0.2) is 11.4 Å². The fraction of sp³-hybridized carbons (Fsp3) is 0.375. The lowest BCUT2D eigenvalue weighted by Gasteiger charge is -2.12. The zero-order valence-electron chi connectivity index (χ0n) is 17.6. The molecule has 0 fully saturated rings. The van der Waals surface area contributed by atoms with Crippen molar-refractivity contribution in [3.63, 3.8) is 0 Å². The highest BCUT2D eigenvalue weighted by atomic mass is 16.5. The van der Waals surface area contributed by atoms with E-state index in [0.29, 0.717) is 29.0 Å². The van der Waals surface area contributed by atoms with Crippen molar-refractivity contribution in [3.8, 4) is 5.75 Å². The van der Waals surface area contributed by atoms with Gasteiger partial charge in [0.25, 0.3) is 0 Å². The molecule has 0 amide bonds. The second kappa shape index (κ2) is 10.6. The second-order valence-electron chi connectivity index (χ2n) is 7.52. The van der Waals surface area contributed by atoms with Crippen LogP contribution in [0.1, 0.15) is 49.4 Å². The maximum absolute atomic E-state index is 12.6. The molecule has 3 rings (SSSR count). The first kappa shape index (κ1) is 22.3. The summed E-state index contributed by atoms with van der Waals surface area (Å²) in [6.07, 6.45) is 3.20. The number of fused-ring (bicyclic) bond motifs is 1. The van der Waals surface area contributed by atoms with Crippen LogP contribution in [-0.2, 0) is 11.3 Å². The lowest BCUT2D eigenvalue weighted by atomic mass is 9.95. The molecule has 1 heterocycles. The van der Waals surface area contributed by atoms with Crippen molar-refractivity contribution in [2.24, 2.45) is 5.92 Å². The normalized spacial score (nSPS) is 12.0. The van der Waals surface area contributed by atoms with Gasteiger partial charge in [-0.25, -0.2) is 4.79 Å². The summed E-state index contributed by atoms with van der Waals surface area (Å²) >= 11 is 0. The first-order valence-electron chi connectivity index (χ1n) is 10.6. The first-order chi connectivity index (χ1) is 15.0. The van der Waals surface area contributed by atoms with E-state index in [0.717, 1.165) is 19.3 Å². The van der Waals surface area contributed by atoms with Gasteiger partial charge in [0, 0.05) is 18.5 Å². The molecule has 0 saturated heterocycles. The Balaban J connectivity index is 1.60. The molecule has 0 saturated carbocycles. The SMILES string of the molecule is CCCCCOc1ccc(C(=O)CC(CCn2c(=O)oc3ccccc32)C(=O)O)cc1. The summed E-state index contributed by atoms with van der Waals surface area (Å²) in [6.45, 7) is 2.91. The van der Waals surface area contributed by atoms with Crippen LogP contribution < -0.4 is 10.5 Å². The quantitative estimate of drug-likeness (QED) is 0.338. The number of aliphatic carboxylic acids is 1. The summed E-state index contributed by atoms with van der Waals surface area (Å²) in [5.41, 5.74) is 1.50. The number of aryl methyl sites for hydroxylation is 1. The van der Waals surface area contributed by atoms with E-state index in [1.165, 1.54) is 4.57 Å². The molecule has 0 aliphatic heterocycles. The molecule has 1 unspecified atom stereocenters. The molecule has 1 atom stereocenters. The number of Topliss-reactive ketones (excluding diaryl/α,β-unsaturated/α-hetero) is 1. The maximum Gasteiger partial charge on any atom is 0.419 e. The molecule has 2 aromatic carbocycles. The average Bonchev–Trinajstić information content (AvgIpc) is 3.09. The Morgan fingerprint density at radius 3 is 2.55 bits per heavy atom. The minimum Gasteiger partial charge on any atom is -0.494 e. The highest BCUT2D eigenvalue weighted by molar-refractivity contribution is 5.98. The third-order valence-electron chi connectivity index (χ3n) is 5.25. The summed E-state index contributed by atoms with van der Waals surface area (Å²) in [4.78, 5) is 36.4. The minimum absolute atomic E-state index is 0.142. The van der Waals surface area contributed by atoms with Crippen LogP contribution in [-0.4, -0.2) is 28.0 Å². The van der Waals surface area contributed by atoms with Gasteiger partial charge in [0.2, 0.25) is 0 Å². The topological polar surface area (TPSA) is 98.7 Å². The highest BCUT2D eigenvalue weighted by Gasteiger charge is 2.23. The van der Waals surface area contributed by atoms with Gasteiger partial charge in [-0.2, -0.15) is 0 Å². The molecule has 0 bridgehead atoms. The van der Waals surface area contributed by atoms with Crippen LogP contribution in [0.2, 0.25) is 0 Å². The fourth-order valence-electron chi connectivity index (χ4n) is 3.44. The third-order valence-corrected chi connectivity index (χ3v) is 5.25. The number of carboxylic acids is 1. The number of oxazole rings is 1. The van der Waals surface area contributed by atoms with Crippen LogP contribution in [0.4, 0.5) is 0 Å². The molecule has 164 valence electrons.